The van der Waals surface area contributed by atoms with Crippen molar-refractivity contribution in [1.29, 1.82) is 0 Å². The van der Waals surface area contributed by atoms with Gasteiger partial charge in [-0.3, -0.25) is 4.90 Å². The van der Waals surface area contributed by atoms with Crippen LogP contribution in [0.2, 0.25) is 0 Å². The lowest BCUT2D eigenvalue weighted by Crippen LogP contribution is -2.40. The third-order valence-corrected chi connectivity index (χ3v) is 5.24. The molecule has 2 aromatic rings. The number of hydrogen-bond acceptors (Lipinski definition) is 6. The average Bonchev–Trinajstić information content (AvgIpc) is 3.21. The minimum atomic E-state index is 0.149. The third kappa shape index (κ3) is 3.70. The van der Waals surface area contributed by atoms with Gasteiger partial charge in [-0.2, -0.15) is 0 Å². The Balaban J connectivity index is 1.44. The number of hydrogen-bond donors (Lipinski definition) is 0. The van der Waals surface area contributed by atoms with E-state index in [1.807, 2.05) is 18.5 Å². The molecule has 0 aliphatic carbocycles. The minimum absolute atomic E-state index is 0.149. The van der Waals surface area contributed by atoms with Crippen molar-refractivity contribution in [2.24, 2.45) is 5.41 Å². The Bertz CT molecular complexity index is 690. The largest absolute Gasteiger partial charge is 0.465 e. The highest BCUT2D eigenvalue weighted by molar-refractivity contribution is 5.32. The zero-order valence-electron chi connectivity index (χ0n) is 14.9. The number of aryl methyl sites for hydroxylation is 1. The summed E-state index contributed by atoms with van der Waals surface area (Å²) in [6.45, 7) is 8.48. The van der Waals surface area contributed by atoms with Crippen molar-refractivity contribution >= 4 is 5.95 Å². The van der Waals surface area contributed by atoms with Crippen LogP contribution in [0.5, 0.6) is 0 Å². The van der Waals surface area contributed by atoms with Crippen LogP contribution in [-0.4, -0.2) is 54.3 Å². The Kier molecular flexibility index (Phi) is 4.72. The molecule has 4 heterocycles. The fraction of sp³-hybridized carbons (Fsp3) is 0.579. The molecule has 0 saturated carbocycles. The standard InChI is InChI=1S/C19H26N4O2/c1-2-16-4-5-17(25-16)12-22-10-11-24-15-19(13-22)6-9-23(14-19)18-20-7-3-8-21-18/h3-5,7-8H,2,6,9-15H2,1H3/t19-/m0/s1. The van der Waals surface area contributed by atoms with E-state index in [1.165, 1.54) is 0 Å². The molecule has 0 N–H and O–H groups in total. The molecule has 6 heteroatoms. The molecule has 6 nitrogen and oxygen atoms in total. The van der Waals surface area contributed by atoms with Gasteiger partial charge in [-0.25, -0.2) is 9.97 Å². The van der Waals surface area contributed by atoms with E-state index in [-0.39, 0.29) is 5.41 Å². The van der Waals surface area contributed by atoms with Gasteiger partial charge in [0.15, 0.2) is 0 Å². The Hall–Kier alpha value is -1.92. The van der Waals surface area contributed by atoms with E-state index in [9.17, 15) is 0 Å². The summed E-state index contributed by atoms with van der Waals surface area (Å²) in [7, 11) is 0. The maximum atomic E-state index is 5.97. The summed E-state index contributed by atoms with van der Waals surface area (Å²) in [5.41, 5.74) is 0.149. The number of ether oxygens (including phenoxy) is 1. The normalized spacial score (nSPS) is 24.8. The van der Waals surface area contributed by atoms with Gasteiger partial charge in [-0.15, -0.1) is 0 Å². The first-order valence-electron chi connectivity index (χ1n) is 9.16. The van der Waals surface area contributed by atoms with Crippen molar-refractivity contribution in [2.45, 2.75) is 26.3 Å². The van der Waals surface area contributed by atoms with Gasteiger partial charge in [-0.1, -0.05) is 6.92 Å². The molecule has 25 heavy (non-hydrogen) atoms. The molecule has 0 bridgehead atoms. The minimum Gasteiger partial charge on any atom is -0.465 e. The van der Waals surface area contributed by atoms with Crippen molar-refractivity contribution in [3.8, 4) is 0 Å². The highest BCUT2D eigenvalue weighted by Gasteiger charge is 2.42. The molecule has 0 radical (unpaired) electrons. The first-order valence-corrected chi connectivity index (χ1v) is 9.16. The Morgan fingerprint density at radius 3 is 2.76 bits per heavy atom. The molecular weight excluding hydrogens is 316 g/mol. The number of rotatable bonds is 4. The topological polar surface area (TPSA) is 54.6 Å². The molecule has 134 valence electrons. The first-order chi connectivity index (χ1) is 12.3. The summed E-state index contributed by atoms with van der Waals surface area (Å²) in [5, 5.41) is 0. The van der Waals surface area contributed by atoms with Gasteiger partial charge in [0.25, 0.3) is 0 Å². The summed E-state index contributed by atoms with van der Waals surface area (Å²) < 4.78 is 11.9. The van der Waals surface area contributed by atoms with Crippen LogP contribution in [0.15, 0.2) is 35.0 Å². The van der Waals surface area contributed by atoms with Gasteiger partial charge >= 0.3 is 0 Å². The Morgan fingerprint density at radius 2 is 1.96 bits per heavy atom. The molecule has 0 aromatic carbocycles. The van der Waals surface area contributed by atoms with Crippen molar-refractivity contribution in [3.63, 3.8) is 0 Å². The molecule has 2 aliphatic rings. The summed E-state index contributed by atoms with van der Waals surface area (Å²) in [5.74, 6) is 2.94. The molecular formula is C19H26N4O2. The van der Waals surface area contributed by atoms with E-state index < -0.39 is 0 Å². The van der Waals surface area contributed by atoms with Crippen LogP contribution < -0.4 is 4.90 Å². The predicted molar refractivity (Wildman–Crippen MR) is 95.5 cm³/mol. The maximum Gasteiger partial charge on any atom is 0.225 e. The van der Waals surface area contributed by atoms with Crippen LogP contribution in [-0.2, 0) is 17.7 Å². The summed E-state index contributed by atoms with van der Waals surface area (Å²) in [6, 6.07) is 6.05. The molecule has 4 rings (SSSR count). The highest BCUT2D eigenvalue weighted by Crippen LogP contribution is 2.35. The lowest BCUT2D eigenvalue weighted by molar-refractivity contribution is 0.0796. The number of anilines is 1. The second kappa shape index (κ2) is 7.14. The van der Waals surface area contributed by atoms with Crippen LogP contribution in [0.1, 0.15) is 24.9 Å². The van der Waals surface area contributed by atoms with E-state index in [4.69, 9.17) is 9.15 Å². The number of aromatic nitrogens is 2. The molecule has 1 spiro atoms. The summed E-state index contributed by atoms with van der Waals surface area (Å²) in [4.78, 5) is 13.6. The molecule has 0 amide bonds. The molecule has 2 aliphatic heterocycles. The van der Waals surface area contributed by atoms with E-state index in [0.717, 1.165) is 76.2 Å². The number of furan rings is 1. The van der Waals surface area contributed by atoms with Crippen molar-refractivity contribution in [1.82, 2.24) is 14.9 Å². The van der Waals surface area contributed by atoms with Crippen molar-refractivity contribution in [3.05, 3.63) is 42.1 Å². The van der Waals surface area contributed by atoms with E-state index >= 15 is 0 Å². The second-order valence-corrected chi connectivity index (χ2v) is 7.21. The molecule has 1 atom stereocenters. The Morgan fingerprint density at radius 1 is 1.12 bits per heavy atom. The van der Waals surface area contributed by atoms with E-state index in [1.54, 1.807) is 0 Å². The maximum absolute atomic E-state index is 5.97. The second-order valence-electron chi connectivity index (χ2n) is 7.21. The quantitative estimate of drug-likeness (QED) is 0.850. The average molecular weight is 342 g/mol. The van der Waals surface area contributed by atoms with Crippen LogP contribution in [0.4, 0.5) is 5.95 Å². The van der Waals surface area contributed by atoms with Crippen molar-refractivity contribution < 1.29 is 9.15 Å². The molecule has 2 aromatic heterocycles. The monoisotopic (exact) mass is 342 g/mol. The Labute approximate surface area is 148 Å². The van der Waals surface area contributed by atoms with Crippen LogP contribution in [0.25, 0.3) is 0 Å². The fourth-order valence-corrected chi connectivity index (χ4v) is 3.94. The van der Waals surface area contributed by atoms with Gasteiger partial charge in [0.05, 0.1) is 19.8 Å². The van der Waals surface area contributed by atoms with Crippen LogP contribution in [0.3, 0.4) is 0 Å². The van der Waals surface area contributed by atoms with Crippen LogP contribution >= 0.6 is 0 Å². The van der Waals surface area contributed by atoms with E-state index in [0.29, 0.717) is 0 Å². The van der Waals surface area contributed by atoms with E-state index in [2.05, 4.69) is 38.8 Å². The van der Waals surface area contributed by atoms with Gasteiger partial charge in [0.1, 0.15) is 11.5 Å². The molecule has 2 fully saturated rings. The van der Waals surface area contributed by atoms with Gasteiger partial charge in [0.2, 0.25) is 5.95 Å². The lowest BCUT2D eigenvalue weighted by atomic mass is 9.87. The van der Waals surface area contributed by atoms with Gasteiger partial charge < -0.3 is 14.1 Å². The summed E-state index contributed by atoms with van der Waals surface area (Å²) >= 11 is 0. The molecule has 0 unspecified atom stereocenters. The summed E-state index contributed by atoms with van der Waals surface area (Å²) in [6.07, 6.45) is 5.68. The first kappa shape index (κ1) is 16.5. The van der Waals surface area contributed by atoms with Gasteiger partial charge in [-0.05, 0) is 24.6 Å². The SMILES string of the molecule is CCc1ccc(CN2CCOC[C@@]3(CCN(c4ncccn4)C3)C2)o1. The smallest absolute Gasteiger partial charge is 0.225 e. The highest BCUT2D eigenvalue weighted by atomic mass is 16.5. The van der Waals surface area contributed by atoms with Gasteiger partial charge in [0, 0.05) is 50.4 Å². The van der Waals surface area contributed by atoms with Crippen molar-refractivity contribution in [2.75, 3.05) is 44.3 Å². The number of nitrogens with zero attached hydrogens (tertiary/aromatic N) is 4. The zero-order valence-corrected chi connectivity index (χ0v) is 14.9. The van der Waals surface area contributed by atoms with Crippen LogP contribution in [0, 0.1) is 5.41 Å². The predicted octanol–water partition coefficient (Wildman–Crippen LogP) is 2.36. The zero-order chi connectivity index (χ0) is 17.1. The lowest BCUT2D eigenvalue weighted by Gasteiger charge is -2.31. The third-order valence-electron chi connectivity index (χ3n) is 5.24. The molecule has 2 saturated heterocycles. The fourth-order valence-electron chi connectivity index (χ4n) is 3.94.